The topological polar surface area (TPSA) is 35.3 Å². The summed E-state index contributed by atoms with van der Waals surface area (Å²) in [6, 6.07) is 17.6. The molecule has 0 N–H and O–H groups in total. The van der Waals surface area contributed by atoms with Crippen molar-refractivity contribution in [2.45, 2.75) is 6.61 Å². The van der Waals surface area contributed by atoms with Crippen LogP contribution in [0.1, 0.15) is 5.56 Å². The van der Waals surface area contributed by atoms with Gasteiger partial charge in [0, 0.05) is 21.7 Å². The number of benzene rings is 2. The highest BCUT2D eigenvalue weighted by atomic mass is 79.9. The fraction of sp³-hybridized carbons (Fsp3) is 0.0625. The van der Waals surface area contributed by atoms with Gasteiger partial charge < -0.3 is 9.26 Å². The zero-order valence-electron chi connectivity index (χ0n) is 10.6. The summed E-state index contributed by atoms with van der Waals surface area (Å²) in [6.07, 6.45) is 1.56. The Hall–Kier alpha value is -2.07. The molecule has 0 aliphatic heterocycles. The molecular formula is C16H12BrNO2. The van der Waals surface area contributed by atoms with Gasteiger partial charge in [-0.05, 0) is 30.3 Å². The smallest absolute Gasteiger partial charge is 0.124 e. The molecule has 0 saturated heterocycles. The van der Waals surface area contributed by atoms with Gasteiger partial charge in [0.15, 0.2) is 0 Å². The predicted octanol–water partition coefficient (Wildman–Crippen LogP) is 4.68. The summed E-state index contributed by atoms with van der Waals surface area (Å²) in [4.78, 5) is 0. The average Bonchev–Trinajstić information content (AvgIpc) is 3.01. The van der Waals surface area contributed by atoms with Crippen molar-refractivity contribution < 1.29 is 9.26 Å². The van der Waals surface area contributed by atoms with Crippen LogP contribution in [0, 0.1) is 0 Å². The van der Waals surface area contributed by atoms with Gasteiger partial charge in [0.2, 0.25) is 0 Å². The zero-order chi connectivity index (χ0) is 13.8. The number of halogens is 1. The van der Waals surface area contributed by atoms with Gasteiger partial charge in [-0.15, -0.1) is 0 Å². The van der Waals surface area contributed by atoms with Crippen molar-refractivity contribution in [2.75, 3.05) is 0 Å². The van der Waals surface area contributed by atoms with E-state index in [1.807, 2.05) is 54.6 Å². The van der Waals surface area contributed by atoms with E-state index in [1.165, 1.54) is 0 Å². The largest absolute Gasteiger partial charge is 0.489 e. The third-order valence-electron chi connectivity index (χ3n) is 2.94. The van der Waals surface area contributed by atoms with Crippen molar-refractivity contribution in [3.63, 3.8) is 0 Å². The lowest BCUT2D eigenvalue weighted by Gasteiger charge is -2.08. The SMILES string of the molecule is Brc1ccccc1COc1ccc(-c2ccon2)cc1. The van der Waals surface area contributed by atoms with E-state index in [4.69, 9.17) is 9.26 Å². The lowest BCUT2D eigenvalue weighted by atomic mass is 10.1. The molecule has 0 bridgehead atoms. The molecule has 0 aliphatic carbocycles. The Morgan fingerprint density at radius 1 is 1.00 bits per heavy atom. The standard InChI is InChI=1S/C16H12BrNO2/c17-15-4-2-1-3-13(15)11-19-14-7-5-12(6-8-14)16-9-10-20-18-16/h1-10H,11H2. The van der Waals surface area contributed by atoms with E-state index in [0.717, 1.165) is 27.0 Å². The molecule has 2 aromatic carbocycles. The predicted molar refractivity (Wildman–Crippen MR) is 80.4 cm³/mol. The van der Waals surface area contributed by atoms with Crippen molar-refractivity contribution in [3.8, 4) is 17.0 Å². The highest BCUT2D eigenvalue weighted by Crippen LogP contribution is 2.22. The molecule has 0 atom stereocenters. The summed E-state index contributed by atoms with van der Waals surface area (Å²) in [6.45, 7) is 0.532. The maximum atomic E-state index is 5.77. The van der Waals surface area contributed by atoms with Crippen LogP contribution in [0.2, 0.25) is 0 Å². The highest BCUT2D eigenvalue weighted by molar-refractivity contribution is 9.10. The van der Waals surface area contributed by atoms with E-state index < -0.39 is 0 Å². The molecule has 20 heavy (non-hydrogen) atoms. The third kappa shape index (κ3) is 2.91. The van der Waals surface area contributed by atoms with Crippen LogP contribution < -0.4 is 4.74 Å². The molecule has 0 amide bonds. The molecule has 1 heterocycles. The number of aromatic nitrogens is 1. The lowest BCUT2D eigenvalue weighted by Crippen LogP contribution is -1.96. The van der Waals surface area contributed by atoms with Crippen LogP contribution in [-0.4, -0.2) is 5.16 Å². The monoisotopic (exact) mass is 329 g/mol. The lowest BCUT2D eigenvalue weighted by molar-refractivity contribution is 0.305. The first-order valence-corrected chi connectivity index (χ1v) is 6.99. The molecule has 3 nitrogen and oxygen atoms in total. The van der Waals surface area contributed by atoms with E-state index in [-0.39, 0.29) is 0 Å². The molecule has 100 valence electrons. The van der Waals surface area contributed by atoms with E-state index in [2.05, 4.69) is 21.1 Å². The van der Waals surface area contributed by atoms with E-state index >= 15 is 0 Å². The van der Waals surface area contributed by atoms with Gasteiger partial charge in [-0.1, -0.05) is 39.3 Å². The summed E-state index contributed by atoms with van der Waals surface area (Å²) in [7, 11) is 0. The van der Waals surface area contributed by atoms with Crippen molar-refractivity contribution in [2.24, 2.45) is 0 Å². The summed E-state index contributed by atoms with van der Waals surface area (Å²) >= 11 is 3.51. The van der Waals surface area contributed by atoms with Crippen LogP contribution in [0.3, 0.4) is 0 Å². The van der Waals surface area contributed by atoms with Gasteiger partial charge in [-0.3, -0.25) is 0 Å². The number of nitrogens with zero attached hydrogens (tertiary/aromatic N) is 1. The van der Waals surface area contributed by atoms with E-state index in [0.29, 0.717) is 6.61 Å². The Morgan fingerprint density at radius 2 is 1.80 bits per heavy atom. The molecular weight excluding hydrogens is 318 g/mol. The van der Waals surface area contributed by atoms with Crippen molar-refractivity contribution in [3.05, 3.63) is 70.9 Å². The van der Waals surface area contributed by atoms with Gasteiger partial charge in [0.1, 0.15) is 24.3 Å². The maximum absolute atomic E-state index is 5.77. The van der Waals surface area contributed by atoms with Crippen molar-refractivity contribution >= 4 is 15.9 Å². The number of hydrogen-bond acceptors (Lipinski definition) is 3. The summed E-state index contributed by atoms with van der Waals surface area (Å²) in [5.41, 5.74) is 2.95. The van der Waals surface area contributed by atoms with Crippen LogP contribution in [-0.2, 0) is 6.61 Å². The number of rotatable bonds is 4. The fourth-order valence-corrected chi connectivity index (χ4v) is 2.26. The number of hydrogen-bond donors (Lipinski definition) is 0. The molecule has 3 rings (SSSR count). The Balaban J connectivity index is 1.68. The minimum atomic E-state index is 0.532. The van der Waals surface area contributed by atoms with Crippen LogP contribution in [0.15, 0.2) is 69.9 Å². The quantitative estimate of drug-likeness (QED) is 0.696. The molecule has 4 heteroatoms. The second kappa shape index (κ2) is 5.92. The van der Waals surface area contributed by atoms with Crippen LogP contribution in [0.25, 0.3) is 11.3 Å². The molecule has 0 radical (unpaired) electrons. The second-order valence-corrected chi connectivity index (χ2v) is 5.14. The Labute approximate surface area is 125 Å². The Kier molecular flexibility index (Phi) is 3.83. The first kappa shape index (κ1) is 12.9. The first-order valence-electron chi connectivity index (χ1n) is 6.20. The summed E-state index contributed by atoms with van der Waals surface area (Å²) in [5, 5.41) is 3.90. The minimum Gasteiger partial charge on any atom is -0.489 e. The van der Waals surface area contributed by atoms with Crippen molar-refractivity contribution in [1.82, 2.24) is 5.16 Å². The summed E-state index contributed by atoms with van der Waals surface area (Å²) < 4.78 is 11.7. The zero-order valence-corrected chi connectivity index (χ0v) is 12.2. The van der Waals surface area contributed by atoms with Gasteiger partial charge in [0.05, 0.1) is 0 Å². The van der Waals surface area contributed by atoms with Crippen LogP contribution >= 0.6 is 15.9 Å². The third-order valence-corrected chi connectivity index (χ3v) is 3.71. The van der Waals surface area contributed by atoms with E-state index in [1.54, 1.807) is 6.26 Å². The Bertz CT molecular complexity index is 678. The van der Waals surface area contributed by atoms with Gasteiger partial charge in [-0.25, -0.2) is 0 Å². The molecule has 1 aromatic heterocycles. The summed E-state index contributed by atoms with van der Waals surface area (Å²) in [5.74, 6) is 0.827. The van der Waals surface area contributed by atoms with Crippen LogP contribution in [0.4, 0.5) is 0 Å². The highest BCUT2D eigenvalue weighted by Gasteiger charge is 2.03. The van der Waals surface area contributed by atoms with Gasteiger partial charge >= 0.3 is 0 Å². The van der Waals surface area contributed by atoms with E-state index in [9.17, 15) is 0 Å². The molecule has 0 aliphatic rings. The van der Waals surface area contributed by atoms with Gasteiger partial charge in [0.25, 0.3) is 0 Å². The van der Waals surface area contributed by atoms with Crippen LogP contribution in [0.5, 0.6) is 5.75 Å². The molecule has 3 aromatic rings. The van der Waals surface area contributed by atoms with Crippen molar-refractivity contribution in [1.29, 1.82) is 0 Å². The molecule has 0 unspecified atom stereocenters. The molecule has 0 saturated carbocycles. The normalized spacial score (nSPS) is 10.4. The second-order valence-electron chi connectivity index (χ2n) is 4.29. The Morgan fingerprint density at radius 3 is 2.50 bits per heavy atom. The van der Waals surface area contributed by atoms with Gasteiger partial charge in [-0.2, -0.15) is 0 Å². The fourth-order valence-electron chi connectivity index (χ4n) is 1.86. The molecule has 0 fully saturated rings. The number of ether oxygens (including phenoxy) is 1. The average molecular weight is 330 g/mol. The minimum absolute atomic E-state index is 0.532. The maximum Gasteiger partial charge on any atom is 0.124 e. The molecule has 0 spiro atoms. The first-order chi connectivity index (χ1) is 9.83.